The van der Waals surface area contributed by atoms with E-state index in [4.69, 9.17) is 0 Å². The van der Waals surface area contributed by atoms with Gasteiger partial charge in [0.2, 0.25) is 0 Å². The van der Waals surface area contributed by atoms with Crippen LogP contribution in [0.15, 0.2) is 11.6 Å². The first-order valence-electron chi connectivity index (χ1n) is 4.39. The van der Waals surface area contributed by atoms with Gasteiger partial charge in [-0.25, -0.2) is 0 Å². The number of allylic oxidation sites excluding steroid dienone is 2. The highest BCUT2D eigenvalue weighted by molar-refractivity contribution is 5.96. The topological polar surface area (TPSA) is 17.1 Å². The van der Waals surface area contributed by atoms with E-state index in [0.29, 0.717) is 17.6 Å². The van der Waals surface area contributed by atoms with E-state index in [9.17, 15) is 4.79 Å². The van der Waals surface area contributed by atoms with Crippen LogP contribution in [0.3, 0.4) is 0 Å². The molecule has 11 heavy (non-hydrogen) atoms. The summed E-state index contributed by atoms with van der Waals surface area (Å²) in [4.78, 5) is 11.3. The molecule has 0 amide bonds. The standard InChI is InChI=1S/C10H16O/c1-4-9-5-7(2)8(3)6-10(9)11/h5,7-8H,4,6H2,1-3H3. The molecule has 1 aliphatic carbocycles. The third-order valence-electron chi connectivity index (χ3n) is 2.61. The minimum absolute atomic E-state index is 0.359. The summed E-state index contributed by atoms with van der Waals surface area (Å²) in [5.74, 6) is 1.48. The molecule has 1 rings (SSSR count). The Morgan fingerprint density at radius 2 is 2.18 bits per heavy atom. The van der Waals surface area contributed by atoms with Gasteiger partial charge >= 0.3 is 0 Å². The van der Waals surface area contributed by atoms with Crippen LogP contribution in [-0.4, -0.2) is 5.78 Å². The molecule has 0 aromatic rings. The van der Waals surface area contributed by atoms with Crippen LogP contribution in [0.2, 0.25) is 0 Å². The van der Waals surface area contributed by atoms with Crippen LogP contribution in [0.5, 0.6) is 0 Å². The summed E-state index contributed by atoms with van der Waals surface area (Å²) in [6.45, 7) is 6.38. The zero-order valence-electron chi connectivity index (χ0n) is 7.55. The molecular weight excluding hydrogens is 136 g/mol. The lowest BCUT2D eigenvalue weighted by Gasteiger charge is -2.22. The molecule has 0 saturated carbocycles. The molecule has 2 atom stereocenters. The van der Waals surface area contributed by atoms with E-state index in [2.05, 4.69) is 19.9 Å². The zero-order chi connectivity index (χ0) is 8.43. The predicted molar refractivity (Wildman–Crippen MR) is 46.3 cm³/mol. The average molecular weight is 152 g/mol. The van der Waals surface area contributed by atoms with Gasteiger partial charge in [-0.15, -0.1) is 0 Å². The summed E-state index contributed by atoms with van der Waals surface area (Å²) in [7, 11) is 0. The van der Waals surface area contributed by atoms with E-state index in [0.717, 1.165) is 18.4 Å². The Kier molecular flexibility index (Phi) is 2.48. The normalized spacial score (nSPS) is 31.9. The van der Waals surface area contributed by atoms with Crippen molar-refractivity contribution in [2.24, 2.45) is 11.8 Å². The van der Waals surface area contributed by atoms with Crippen LogP contribution in [-0.2, 0) is 4.79 Å². The molecule has 2 unspecified atom stereocenters. The number of rotatable bonds is 1. The van der Waals surface area contributed by atoms with Crippen molar-refractivity contribution in [3.8, 4) is 0 Å². The molecule has 0 fully saturated rings. The highest BCUT2D eigenvalue weighted by Crippen LogP contribution is 2.26. The molecule has 0 spiro atoms. The summed E-state index contributed by atoms with van der Waals surface area (Å²) in [5, 5.41) is 0. The van der Waals surface area contributed by atoms with Gasteiger partial charge in [-0.2, -0.15) is 0 Å². The smallest absolute Gasteiger partial charge is 0.158 e. The fourth-order valence-corrected chi connectivity index (χ4v) is 1.50. The Morgan fingerprint density at radius 3 is 2.73 bits per heavy atom. The summed E-state index contributed by atoms with van der Waals surface area (Å²) in [5.41, 5.74) is 1.04. The number of carbonyl (C=O) groups is 1. The molecule has 0 aliphatic heterocycles. The Morgan fingerprint density at radius 1 is 1.55 bits per heavy atom. The van der Waals surface area contributed by atoms with E-state index < -0.39 is 0 Å². The SMILES string of the molecule is CCC1=CC(C)C(C)CC1=O. The summed E-state index contributed by atoms with van der Waals surface area (Å²) < 4.78 is 0. The van der Waals surface area contributed by atoms with Crippen molar-refractivity contribution in [3.05, 3.63) is 11.6 Å². The lowest BCUT2D eigenvalue weighted by Crippen LogP contribution is -2.19. The zero-order valence-corrected chi connectivity index (χ0v) is 7.55. The lowest BCUT2D eigenvalue weighted by molar-refractivity contribution is -0.117. The number of hydrogen-bond acceptors (Lipinski definition) is 1. The quantitative estimate of drug-likeness (QED) is 0.564. The average Bonchev–Trinajstić information content (AvgIpc) is 1.97. The van der Waals surface area contributed by atoms with Gasteiger partial charge in [-0.1, -0.05) is 26.8 Å². The van der Waals surface area contributed by atoms with Crippen LogP contribution >= 0.6 is 0 Å². The van der Waals surface area contributed by atoms with Gasteiger partial charge in [0.15, 0.2) is 5.78 Å². The van der Waals surface area contributed by atoms with Crippen molar-refractivity contribution in [3.63, 3.8) is 0 Å². The third kappa shape index (κ3) is 1.70. The number of carbonyl (C=O) groups excluding carboxylic acids is 1. The second-order valence-corrected chi connectivity index (χ2v) is 3.51. The second kappa shape index (κ2) is 3.21. The number of hydrogen-bond donors (Lipinski definition) is 0. The van der Waals surface area contributed by atoms with E-state index >= 15 is 0 Å². The third-order valence-corrected chi connectivity index (χ3v) is 2.61. The maximum atomic E-state index is 11.3. The van der Waals surface area contributed by atoms with E-state index in [-0.39, 0.29) is 0 Å². The van der Waals surface area contributed by atoms with Crippen LogP contribution in [0.25, 0.3) is 0 Å². The van der Waals surface area contributed by atoms with Crippen molar-refractivity contribution < 1.29 is 4.79 Å². The molecule has 0 heterocycles. The molecule has 0 aromatic carbocycles. The second-order valence-electron chi connectivity index (χ2n) is 3.51. The largest absolute Gasteiger partial charge is 0.295 e. The molecular formula is C10H16O. The fourth-order valence-electron chi connectivity index (χ4n) is 1.50. The van der Waals surface area contributed by atoms with Crippen molar-refractivity contribution in [2.75, 3.05) is 0 Å². The van der Waals surface area contributed by atoms with Gasteiger partial charge in [0, 0.05) is 6.42 Å². The van der Waals surface area contributed by atoms with Crippen molar-refractivity contribution in [2.45, 2.75) is 33.6 Å². The summed E-state index contributed by atoms with van der Waals surface area (Å²) in [6.07, 6.45) is 3.78. The Balaban J connectivity index is 2.79. The monoisotopic (exact) mass is 152 g/mol. The molecule has 1 nitrogen and oxygen atoms in total. The highest BCUT2D eigenvalue weighted by atomic mass is 16.1. The first-order valence-corrected chi connectivity index (χ1v) is 4.39. The predicted octanol–water partition coefficient (Wildman–Crippen LogP) is 2.57. The van der Waals surface area contributed by atoms with Crippen LogP contribution in [0.1, 0.15) is 33.6 Å². The molecule has 1 aliphatic rings. The van der Waals surface area contributed by atoms with E-state index in [1.165, 1.54) is 0 Å². The molecule has 0 bridgehead atoms. The molecule has 0 saturated heterocycles. The van der Waals surface area contributed by atoms with Gasteiger partial charge in [0.05, 0.1) is 0 Å². The minimum Gasteiger partial charge on any atom is -0.295 e. The maximum Gasteiger partial charge on any atom is 0.158 e. The van der Waals surface area contributed by atoms with Gasteiger partial charge < -0.3 is 0 Å². The molecule has 0 radical (unpaired) electrons. The fraction of sp³-hybridized carbons (Fsp3) is 0.700. The Bertz CT molecular complexity index is 191. The lowest BCUT2D eigenvalue weighted by atomic mass is 9.82. The van der Waals surface area contributed by atoms with Gasteiger partial charge in [-0.05, 0) is 23.8 Å². The molecule has 62 valence electrons. The van der Waals surface area contributed by atoms with E-state index in [1.54, 1.807) is 0 Å². The van der Waals surface area contributed by atoms with Crippen molar-refractivity contribution >= 4 is 5.78 Å². The summed E-state index contributed by atoms with van der Waals surface area (Å²) >= 11 is 0. The Hall–Kier alpha value is -0.590. The summed E-state index contributed by atoms with van der Waals surface area (Å²) in [6, 6.07) is 0. The highest BCUT2D eigenvalue weighted by Gasteiger charge is 2.22. The molecule has 0 N–H and O–H groups in total. The first kappa shape index (κ1) is 8.51. The maximum absolute atomic E-state index is 11.3. The first-order chi connectivity index (χ1) is 5.15. The van der Waals surface area contributed by atoms with Crippen LogP contribution in [0, 0.1) is 11.8 Å². The Labute approximate surface area is 68.5 Å². The van der Waals surface area contributed by atoms with Crippen LogP contribution < -0.4 is 0 Å². The van der Waals surface area contributed by atoms with Gasteiger partial charge in [-0.3, -0.25) is 4.79 Å². The van der Waals surface area contributed by atoms with Gasteiger partial charge in [0.1, 0.15) is 0 Å². The number of ketones is 1. The molecule has 1 heteroatoms. The number of Topliss-reactive ketones (excluding diaryl/α,β-unsaturated/α-hetero) is 1. The van der Waals surface area contributed by atoms with Gasteiger partial charge in [0.25, 0.3) is 0 Å². The van der Waals surface area contributed by atoms with Crippen molar-refractivity contribution in [1.29, 1.82) is 0 Å². The minimum atomic E-state index is 0.359. The van der Waals surface area contributed by atoms with Crippen LogP contribution in [0.4, 0.5) is 0 Å². The van der Waals surface area contributed by atoms with E-state index in [1.807, 2.05) is 6.92 Å². The van der Waals surface area contributed by atoms with Crippen molar-refractivity contribution in [1.82, 2.24) is 0 Å². The molecule has 0 aromatic heterocycles.